The van der Waals surface area contributed by atoms with E-state index in [9.17, 15) is 9.59 Å². The van der Waals surface area contributed by atoms with Gasteiger partial charge in [0.15, 0.2) is 0 Å². The SMILES string of the molecule is Cc1cc(C#Cc2ccccn2)cc(NC(=O)c2ccc(N3CCCCC3=O)cc2)c1. The van der Waals surface area contributed by atoms with E-state index in [0.29, 0.717) is 23.4 Å². The van der Waals surface area contributed by atoms with Crippen LogP contribution < -0.4 is 10.2 Å². The van der Waals surface area contributed by atoms with Crippen LogP contribution in [0.3, 0.4) is 0 Å². The zero-order valence-electron chi connectivity index (χ0n) is 17.4. The summed E-state index contributed by atoms with van der Waals surface area (Å²) in [6.07, 6.45) is 4.24. The van der Waals surface area contributed by atoms with Crippen LogP contribution in [0.15, 0.2) is 66.9 Å². The Balaban J connectivity index is 1.47. The Bertz CT molecular complexity index is 1160. The Morgan fingerprint density at radius 1 is 1.03 bits per heavy atom. The molecule has 0 radical (unpaired) electrons. The second-order valence-electron chi connectivity index (χ2n) is 7.56. The molecule has 0 atom stereocenters. The number of aryl methyl sites for hydroxylation is 1. The van der Waals surface area contributed by atoms with Gasteiger partial charge in [-0.25, -0.2) is 4.98 Å². The standard InChI is InChI=1S/C26H23N3O2/c1-19-16-20(8-11-22-6-2-4-14-27-22)18-23(17-19)28-26(31)21-9-12-24(13-10-21)29-15-5-3-7-25(29)30/h2,4,6,9-10,12-14,16-18H,3,5,7,15H2,1H3,(H,28,31). The number of aromatic nitrogens is 1. The fourth-order valence-electron chi connectivity index (χ4n) is 3.58. The van der Waals surface area contributed by atoms with E-state index in [1.165, 1.54) is 0 Å². The van der Waals surface area contributed by atoms with Gasteiger partial charge in [-0.15, -0.1) is 0 Å². The summed E-state index contributed by atoms with van der Waals surface area (Å²) in [5.41, 5.74) is 4.56. The van der Waals surface area contributed by atoms with E-state index in [1.54, 1.807) is 23.2 Å². The maximum absolute atomic E-state index is 12.7. The van der Waals surface area contributed by atoms with Crippen LogP contribution in [0.5, 0.6) is 0 Å². The topological polar surface area (TPSA) is 62.3 Å². The minimum atomic E-state index is -0.203. The van der Waals surface area contributed by atoms with Crippen molar-refractivity contribution in [3.8, 4) is 11.8 Å². The van der Waals surface area contributed by atoms with E-state index in [2.05, 4.69) is 22.1 Å². The van der Waals surface area contributed by atoms with Gasteiger partial charge < -0.3 is 10.2 Å². The number of anilines is 2. The van der Waals surface area contributed by atoms with Crippen LogP contribution in [0.1, 0.15) is 46.4 Å². The molecular weight excluding hydrogens is 386 g/mol. The van der Waals surface area contributed by atoms with Crippen molar-refractivity contribution in [2.24, 2.45) is 0 Å². The van der Waals surface area contributed by atoms with Gasteiger partial charge in [0.2, 0.25) is 5.91 Å². The maximum Gasteiger partial charge on any atom is 0.255 e. The van der Waals surface area contributed by atoms with Gasteiger partial charge in [-0.1, -0.05) is 12.0 Å². The van der Waals surface area contributed by atoms with Gasteiger partial charge in [0.05, 0.1) is 0 Å². The summed E-state index contributed by atoms with van der Waals surface area (Å²) in [6.45, 7) is 2.70. The van der Waals surface area contributed by atoms with Gasteiger partial charge in [0.1, 0.15) is 5.69 Å². The van der Waals surface area contributed by atoms with E-state index >= 15 is 0 Å². The number of rotatable bonds is 3. The van der Waals surface area contributed by atoms with Crippen LogP contribution in [-0.4, -0.2) is 23.3 Å². The predicted molar refractivity (Wildman–Crippen MR) is 122 cm³/mol. The summed E-state index contributed by atoms with van der Waals surface area (Å²) < 4.78 is 0. The molecule has 2 aromatic carbocycles. The highest BCUT2D eigenvalue weighted by molar-refractivity contribution is 6.05. The monoisotopic (exact) mass is 409 g/mol. The van der Waals surface area contributed by atoms with Crippen LogP contribution in [0.2, 0.25) is 0 Å². The van der Waals surface area contributed by atoms with E-state index in [1.807, 2.05) is 55.5 Å². The van der Waals surface area contributed by atoms with Crippen LogP contribution in [0, 0.1) is 18.8 Å². The number of piperidine rings is 1. The molecule has 1 aliphatic rings. The van der Waals surface area contributed by atoms with Crippen molar-refractivity contribution in [1.29, 1.82) is 0 Å². The molecule has 0 saturated carbocycles. The lowest BCUT2D eigenvalue weighted by Gasteiger charge is -2.26. The number of nitrogens with zero attached hydrogens (tertiary/aromatic N) is 2. The first-order chi connectivity index (χ1) is 15.1. The lowest BCUT2D eigenvalue weighted by atomic mass is 10.1. The van der Waals surface area contributed by atoms with Gasteiger partial charge in [-0.2, -0.15) is 0 Å². The fraction of sp³-hybridized carbons (Fsp3) is 0.192. The van der Waals surface area contributed by atoms with E-state index in [-0.39, 0.29) is 11.8 Å². The van der Waals surface area contributed by atoms with Gasteiger partial charge in [-0.3, -0.25) is 9.59 Å². The Kier molecular flexibility index (Phi) is 6.09. The molecule has 31 heavy (non-hydrogen) atoms. The zero-order chi connectivity index (χ0) is 21.6. The Hall–Kier alpha value is -3.91. The third-order valence-electron chi connectivity index (χ3n) is 5.10. The van der Waals surface area contributed by atoms with Crippen LogP contribution >= 0.6 is 0 Å². The van der Waals surface area contributed by atoms with E-state index < -0.39 is 0 Å². The lowest BCUT2D eigenvalue weighted by Crippen LogP contribution is -2.35. The first-order valence-electron chi connectivity index (χ1n) is 10.3. The van der Waals surface area contributed by atoms with Gasteiger partial charge in [0, 0.05) is 41.7 Å². The number of hydrogen-bond acceptors (Lipinski definition) is 3. The molecule has 2 heterocycles. The summed E-state index contributed by atoms with van der Waals surface area (Å²) >= 11 is 0. The molecule has 1 fully saturated rings. The summed E-state index contributed by atoms with van der Waals surface area (Å²) in [7, 11) is 0. The molecule has 154 valence electrons. The van der Waals surface area contributed by atoms with Gasteiger partial charge in [-0.05, 0) is 85.8 Å². The Morgan fingerprint density at radius 2 is 1.87 bits per heavy atom. The van der Waals surface area contributed by atoms with Crippen molar-refractivity contribution in [3.05, 3.63) is 89.2 Å². The number of amides is 2. The number of nitrogens with one attached hydrogen (secondary N) is 1. The summed E-state index contributed by atoms with van der Waals surface area (Å²) in [4.78, 5) is 30.8. The first-order valence-corrected chi connectivity index (χ1v) is 10.3. The van der Waals surface area contributed by atoms with Gasteiger partial charge in [0.25, 0.3) is 5.91 Å². The average molecular weight is 409 g/mol. The highest BCUT2D eigenvalue weighted by Gasteiger charge is 2.19. The summed E-state index contributed by atoms with van der Waals surface area (Å²) in [5.74, 6) is 6.08. The van der Waals surface area contributed by atoms with Gasteiger partial charge >= 0.3 is 0 Å². The third kappa shape index (κ3) is 5.18. The van der Waals surface area contributed by atoms with Crippen molar-refractivity contribution in [1.82, 2.24) is 4.98 Å². The number of pyridine rings is 1. The van der Waals surface area contributed by atoms with Crippen molar-refractivity contribution in [2.45, 2.75) is 26.2 Å². The Labute approximate surface area is 182 Å². The molecule has 1 aliphatic heterocycles. The highest BCUT2D eigenvalue weighted by Crippen LogP contribution is 2.22. The van der Waals surface area contributed by atoms with Crippen molar-refractivity contribution < 1.29 is 9.59 Å². The zero-order valence-corrected chi connectivity index (χ0v) is 17.4. The smallest absolute Gasteiger partial charge is 0.255 e. The Morgan fingerprint density at radius 3 is 2.61 bits per heavy atom. The first kappa shape index (κ1) is 20.4. The molecule has 0 bridgehead atoms. The molecule has 1 aromatic heterocycles. The normalized spacial score (nSPS) is 13.3. The minimum absolute atomic E-state index is 0.141. The number of carbonyl (C=O) groups is 2. The maximum atomic E-state index is 12.7. The molecule has 5 heteroatoms. The third-order valence-corrected chi connectivity index (χ3v) is 5.10. The number of hydrogen-bond donors (Lipinski definition) is 1. The average Bonchev–Trinajstić information content (AvgIpc) is 2.78. The predicted octanol–water partition coefficient (Wildman–Crippen LogP) is 4.56. The molecule has 0 spiro atoms. The van der Waals surface area contributed by atoms with Crippen LogP contribution in [0.25, 0.3) is 0 Å². The molecular formula is C26H23N3O2. The molecule has 0 unspecified atom stereocenters. The molecule has 1 N–H and O–H groups in total. The van der Waals surface area contributed by atoms with Crippen molar-refractivity contribution in [2.75, 3.05) is 16.8 Å². The summed E-state index contributed by atoms with van der Waals surface area (Å²) in [6, 6.07) is 18.5. The minimum Gasteiger partial charge on any atom is -0.322 e. The highest BCUT2D eigenvalue weighted by atomic mass is 16.2. The molecule has 2 amide bonds. The quantitative estimate of drug-likeness (QED) is 0.645. The van der Waals surface area contributed by atoms with Crippen LogP contribution in [-0.2, 0) is 4.79 Å². The van der Waals surface area contributed by atoms with Crippen LogP contribution in [0.4, 0.5) is 11.4 Å². The largest absolute Gasteiger partial charge is 0.322 e. The van der Waals surface area contributed by atoms with E-state index in [0.717, 1.165) is 36.2 Å². The second-order valence-corrected chi connectivity index (χ2v) is 7.56. The van der Waals surface area contributed by atoms with E-state index in [4.69, 9.17) is 0 Å². The molecule has 1 saturated heterocycles. The summed E-state index contributed by atoms with van der Waals surface area (Å²) in [5, 5.41) is 2.94. The van der Waals surface area contributed by atoms with Crippen molar-refractivity contribution >= 4 is 23.2 Å². The molecule has 0 aliphatic carbocycles. The second kappa shape index (κ2) is 9.27. The molecule has 3 aromatic rings. The molecule has 5 nitrogen and oxygen atoms in total. The number of benzene rings is 2. The number of carbonyl (C=O) groups excluding carboxylic acids is 2. The fourth-order valence-corrected chi connectivity index (χ4v) is 3.58. The lowest BCUT2D eigenvalue weighted by molar-refractivity contribution is -0.119. The van der Waals surface area contributed by atoms with Crippen molar-refractivity contribution in [3.63, 3.8) is 0 Å². The molecule has 4 rings (SSSR count).